The molecule has 0 aliphatic rings. The molecule has 0 atom stereocenters. The van der Waals surface area contributed by atoms with Crippen molar-refractivity contribution < 1.29 is 9.18 Å². The van der Waals surface area contributed by atoms with Crippen molar-refractivity contribution >= 4 is 41.5 Å². The first kappa shape index (κ1) is 24.6. The van der Waals surface area contributed by atoms with E-state index in [4.69, 9.17) is 0 Å². The van der Waals surface area contributed by atoms with E-state index < -0.39 is 0 Å². The maximum atomic E-state index is 13.1. The number of halogens is 2. The van der Waals surface area contributed by atoms with Gasteiger partial charge in [0.25, 0.3) is 0 Å². The summed E-state index contributed by atoms with van der Waals surface area (Å²) in [6, 6.07) is 6.73. The molecule has 0 bridgehead atoms. The zero-order chi connectivity index (χ0) is 18.8. The highest BCUT2D eigenvalue weighted by Crippen LogP contribution is 2.08. The fourth-order valence-corrected chi connectivity index (χ4v) is 2.57. The number of aliphatic imine (C=N–C) groups is 1. The van der Waals surface area contributed by atoms with Crippen LogP contribution in [0.4, 0.5) is 10.1 Å². The van der Waals surface area contributed by atoms with Gasteiger partial charge in [-0.2, -0.15) is 0 Å². The Morgan fingerprint density at radius 2 is 1.85 bits per heavy atom. The summed E-state index contributed by atoms with van der Waals surface area (Å²) >= 11 is 0. The molecule has 1 amide bonds. The molecule has 0 saturated heterocycles. The van der Waals surface area contributed by atoms with E-state index in [-0.39, 0.29) is 42.2 Å². The SMILES string of the molecule is CN=C(NCCN(C(C)C)C(C)C)NCC(=O)Nc1cccc(F)c1.I. The van der Waals surface area contributed by atoms with Gasteiger partial charge < -0.3 is 16.0 Å². The molecule has 1 rings (SSSR count). The minimum absolute atomic E-state index is 0. The van der Waals surface area contributed by atoms with Crippen LogP contribution in [0.2, 0.25) is 0 Å². The number of amides is 1. The van der Waals surface area contributed by atoms with Crippen LogP contribution in [0.3, 0.4) is 0 Å². The number of nitrogens with one attached hydrogen (secondary N) is 3. The first-order valence-corrected chi connectivity index (χ1v) is 8.59. The van der Waals surface area contributed by atoms with Gasteiger partial charge in [-0.05, 0) is 45.9 Å². The molecule has 0 unspecified atom stereocenters. The van der Waals surface area contributed by atoms with Crippen molar-refractivity contribution in [2.45, 2.75) is 39.8 Å². The highest BCUT2D eigenvalue weighted by atomic mass is 127. The van der Waals surface area contributed by atoms with Crippen molar-refractivity contribution in [3.05, 3.63) is 30.1 Å². The molecule has 8 heteroatoms. The van der Waals surface area contributed by atoms with E-state index in [1.807, 2.05) is 0 Å². The predicted octanol–water partition coefficient (Wildman–Crippen LogP) is 2.67. The second-order valence-electron chi connectivity index (χ2n) is 6.34. The van der Waals surface area contributed by atoms with Crippen molar-refractivity contribution in [1.82, 2.24) is 15.5 Å². The second kappa shape index (κ2) is 12.9. The average molecular weight is 479 g/mol. The fraction of sp³-hybridized carbons (Fsp3) is 0.556. The zero-order valence-corrected chi connectivity index (χ0v) is 18.5. The molecule has 0 heterocycles. The van der Waals surface area contributed by atoms with Gasteiger partial charge in [0.15, 0.2) is 5.96 Å². The van der Waals surface area contributed by atoms with E-state index in [0.29, 0.717) is 23.7 Å². The van der Waals surface area contributed by atoms with Crippen molar-refractivity contribution in [3.63, 3.8) is 0 Å². The largest absolute Gasteiger partial charge is 0.355 e. The topological polar surface area (TPSA) is 68.8 Å². The number of carbonyl (C=O) groups excluding carboxylic acids is 1. The van der Waals surface area contributed by atoms with E-state index in [1.165, 1.54) is 12.1 Å². The van der Waals surface area contributed by atoms with Crippen LogP contribution in [0.5, 0.6) is 0 Å². The summed E-state index contributed by atoms with van der Waals surface area (Å²) in [6.45, 7) is 10.3. The highest BCUT2D eigenvalue weighted by Gasteiger charge is 2.12. The van der Waals surface area contributed by atoms with Gasteiger partial charge in [-0.3, -0.25) is 14.7 Å². The molecule has 1 aromatic carbocycles. The number of carbonyl (C=O) groups is 1. The fourth-order valence-electron chi connectivity index (χ4n) is 2.57. The maximum Gasteiger partial charge on any atom is 0.243 e. The van der Waals surface area contributed by atoms with Crippen LogP contribution in [-0.2, 0) is 4.79 Å². The monoisotopic (exact) mass is 479 g/mol. The van der Waals surface area contributed by atoms with Crippen LogP contribution in [0.25, 0.3) is 0 Å². The Hall–Kier alpha value is -1.42. The molecule has 148 valence electrons. The Morgan fingerprint density at radius 1 is 1.19 bits per heavy atom. The highest BCUT2D eigenvalue weighted by molar-refractivity contribution is 14.0. The summed E-state index contributed by atoms with van der Waals surface area (Å²) in [5, 5.41) is 8.78. The maximum absolute atomic E-state index is 13.1. The molecule has 26 heavy (non-hydrogen) atoms. The molecule has 3 N–H and O–H groups in total. The number of rotatable bonds is 8. The molecule has 0 radical (unpaired) electrons. The Bertz CT molecular complexity index is 572. The van der Waals surface area contributed by atoms with Gasteiger partial charge in [-0.15, -0.1) is 24.0 Å². The predicted molar refractivity (Wildman–Crippen MR) is 117 cm³/mol. The summed E-state index contributed by atoms with van der Waals surface area (Å²) in [5.74, 6) is -0.0931. The van der Waals surface area contributed by atoms with E-state index in [2.05, 4.69) is 53.5 Å². The van der Waals surface area contributed by atoms with Gasteiger partial charge in [-0.1, -0.05) is 6.07 Å². The molecule has 0 aliphatic heterocycles. The van der Waals surface area contributed by atoms with Crippen molar-refractivity contribution in [3.8, 4) is 0 Å². The van der Waals surface area contributed by atoms with E-state index in [9.17, 15) is 9.18 Å². The molecule has 0 fully saturated rings. The minimum Gasteiger partial charge on any atom is -0.355 e. The molecule has 0 aliphatic carbocycles. The van der Waals surface area contributed by atoms with Gasteiger partial charge >= 0.3 is 0 Å². The normalized spacial score (nSPS) is 11.5. The van der Waals surface area contributed by atoms with Gasteiger partial charge in [0, 0.05) is 37.9 Å². The lowest BCUT2D eigenvalue weighted by Gasteiger charge is -2.30. The summed E-state index contributed by atoms with van der Waals surface area (Å²) < 4.78 is 13.1. The third-order valence-electron chi connectivity index (χ3n) is 3.74. The zero-order valence-electron chi connectivity index (χ0n) is 16.2. The smallest absolute Gasteiger partial charge is 0.243 e. The van der Waals surface area contributed by atoms with Crippen molar-refractivity contribution in [2.24, 2.45) is 4.99 Å². The summed E-state index contributed by atoms with van der Waals surface area (Å²) in [4.78, 5) is 18.4. The first-order chi connectivity index (χ1) is 11.8. The van der Waals surface area contributed by atoms with Gasteiger partial charge in [0.05, 0.1) is 6.54 Å². The standard InChI is InChI=1S/C18H30FN5O.HI/c1-13(2)24(14(3)4)10-9-21-18(20-5)22-12-17(25)23-16-8-6-7-15(19)11-16;/h6-8,11,13-14H,9-10,12H2,1-5H3,(H,23,25)(H2,20,21,22);1H. The molecular weight excluding hydrogens is 448 g/mol. The number of hydrogen-bond donors (Lipinski definition) is 3. The lowest BCUT2D eigenvalue weighted by atomic mass is 10.2. The number of guanidine groups is 1. The number of anilines is 1. The third-order valence-corrected chi connectivity index (χ3v) is 3.74. The van der Waals surface area contributed by atoms with Gasteiger partial charge in [0.1, 0.15) is 5.82 Å². The Labute approximate surface area is 173 Å². The van der Waals surface area contributed by atoms with E-state index in [1.54, 1.807) is 19.2 Å². The van der Waals surface area contributed by atoms with E-state index in [0.717, 1.165) is 13.1 Å². The lowest BCUT2D eigenvalue weighted by Crippen LogP contribution is -2.46. The van der Waals surface area contributed by atoms with Crippen LogP contribution in [0.1, 0.15) is 27.7 Å². The van der Waals surface area contributed by atoms with Crippen LogP contribution >= 0.6 is 24.0 Å². The molecule has 1 aromatic rings. The first-order valence-electron chi connectivity index (χ1n) is 8.59. The lowest BCUT2D eigenvalue weighted by molar-refractivity contribution is -0.115. The number of hydrogen-bond acceptors (Lipinski definition) is 3. The second-order valence-corrected chi connectivity index (χ2v) is 6.34. The molecular formula is C18H31FIN5O. The van der Waals surface area contributed by atoms with Gasteiger partial charge in [-0.25, -0.2) is 4.39 Å². The van der Waals surface area contributed by atoms with E-state index >= 15 is 0 Å². The summed E-state index contributed by atoms with van der Waals surface area (Å²) in [7, 11) is 1.66. The van der Waals surface area contributed by atoms with Crippen molar-refractivity contribution in [1.29, 1.82) is 0 Å². The molecule has 6 nitrogen and oxygen atoms in total. The van der Waals surface area contributed by atoms with Crippen LogP contribution < -0.4 is 16.0 Å². The molecule has 0 saturated carbocycles. The quantitative estimate of drug-likeness (QED) is 0.305. The molecule has 0 aromatic heterocycles. The average Bonchev–Trinajstić information content (AvgIpc) is 2.53. The number of nitrogens with zero attached hydrogens (tertiary/aromatic N) is 2. The number of benzene rings is 1. The van der Waals surface area contributed by atoms with Crippen LogP contribution in [0.15, 0.2) is 29.3 Å². The third kappa shape index (κ3) is 9.33. The van der Waals surface area contributed by atoms with Gasteiger partial charge in [0.2, 0.25) is 5.91 Å². The Kier molecular flexibility index (Phi) is 12.2. The summed E-state index contributed by atoms with van der Waals surface area (Å²) in [6.07, 6.45) is 0. The Balaban J connectivity index is 0.00000625. The van der Waals surface area contributed by atoms with Crippen LogP contribution in [0, 0.1) is 5.82 Å². The van der Waals surface area contributed by atoms with Crippen molar-refractivity contribution in [2.75, 3.05) is 32.0 Å². The Morgan fingerprint density at radius 3 is 2.38 bits per heavy atom. The minimum atomic E-state index is -0.386. The van der Waals surface area contributed by atoms with Crippen LogP contribution in [-0.4, -0.2) is 55.5 Å². The molecule has 0 spiro atoms. The summed E-state index contributed by atoms with van der Waals surface area (Å²) in [5.41, 5.74) is 0.430.